The molecule has 1 atom stereocenters. The Morgan fingerprint density at radius 2 is 2.29 bits per heavy atom. The first-order chi connectivity index (χ1) is 10.1. The second kappa shape index (κ2) is 7.40. The molecule has 0 saturated carbocycles. The number of hydrogen-bond donors (Lipinski definition) is 1. The van der Waals surface area contributed by atoms with E-state index in [1.807, 2.05) is 6.92 Å². The van der Waals surface area contributed by atoms with Crippen LogP contribution in [0.3, 0.4) is 0 Å². The van der Waals surface area contributed by atoms with Crippen LogP contribution >= 0.6 is 0 Å². The molecule has 0 aliphatic carbocycles. The van der Waals surface area contributed by atoms with Crippen molar-refractivity contribution in [3.05, 3.63) is 16.4 Å². The zero-order valence-electron chi connectivity index (χ0n) is 12.5. The number of aryl methyl sites for hydroxylation is 1. The zero-order valence-corrected chi connectivity index (χ0v) is 12.5. The monoisotopic (exact) mass is 297 g/mol. The van der Waals surface area contributed by atoms with E-state index in [1.54, 1.807) is 4.57 Å². The lowest BCUT2D eigenvalue weighted by Crippen LogP contribution is -2.36. The fourth-order valence-electron chi connectivity index (χ4n) is 2.88. The van der Waals surface area contributed by atoms with Crippen LogP contribution in [0, 0.1) is 0 Å². The van der Waals surface area contributed by atoms with Crippen LogP contribution in [0.4, 0.5) is 0 Å². The quantitative estimate of drug-likeness (QED) is 0.851. The highest BCUT2D eigenvalue weighted by Gasteiger charge is 2.23. The molecule has 1 aliphatic rings. The molecule has 2 rings (SSSR count). The van der Waals surface area contributed by atoms with Gasteiger partial charge in [-0.25, -0.2) is 4.79 Å². The summed E-state index contributed by atoms with van der Waals surface area (Å²) in [5.74, 6) is -0.473. The second-order valence-corrected chi connectivity index (χ2v) is 5.52. The number of aromatic nitrogens is 2. The Hall–Kier alpha value is -1.63. The maximum Gasteiger partial charge on any atom is 0.441 e. The van der Waals surface area contributed by atoms with Crippen molar-refractivity contribution in [2.24, 2.45) is 0 Å². The molecule has 0 aromatic carbocycles. The molecule has 7 nitrogen and oxygen atoms in total. The van der Waals surface area contributed by atoms with E-state index in [2.05, 4.69) is 10.1 Å². The molecular formula is C14H23N3O4. The summed E-state index contributed by atoms with van der Waals surface area (Å²) in [4.78, 5) is 24.7. The first-order valence-electron chi connectivity index (χ1n) is 7.63. The van der Waals surface area contributed by atoms with E-state index >= 15 is 0 Å². The Kier molecular flexibility index (Phi) is 5.55. The average molecular weight is 297 g/mol. The summed E-state index contributed by atoms with van der Waals surface area (Å²) < 4.78 is 6.49. The van der Waals surface area contributed by atoms with Crippen molar-refractivity contribution in [2.75, 3.05) is 19.6 Å². The third-order valence-corrected chi connectivity index (χ3v) is 4.06. The van der Waals surface area contributed by atoms with Crippen LogP contribution in [-0.4, -0.2) is 45.3 Å². The first-order valence-corrected chi connectivity index (χ1v) is 7.63. The van der Waals surface area contributed by atoms with Crippen molar-refractivity contribution in [3.63, 3.8) is 0 Å². The van der Waals surface area contributed by atoms with Crippen LogP contribution in [0.2, 0.25) is 0 Å². The van der Waals surface area contributed by atoms with Gasteiger partial charge in [0.2, 0.25) is 0 Å². The lowest BCUT2D eigenvalue weighted by Gasteiger charge is -2.27. The minimum atomic E-state index is -0.797. The molecular weight excluding hydrogens is 274 g/mol. The fraction of sp³-hybridized carbons (Fsp3) is 0.786. The Balaban J connectivity index is 2.11. The molecule has 1 unspecified atom stereocenters. The van der Waals surface area contributed by atoms with Crippen molar-refractivity contribution >= 4 is 5.97 Å². The van der Waals surface area contributed by atoms with Gasteiger partial charge < -0.3 is 10.0 Å². The number of carboxylic acid groups (broad SMARTS) is 1. The Labute approximate surface area is 123 Å². The van der Waals surface area contributed by atoms with E-state index in [-0.39, 0.29) is 12.5 Å². The van der Waals surface area contributed by atoms with Gasteiger partial charge in [-0.1, -0.05) is 24.9 Å². The van der Waals surface area contributed by atoms with Gasteiger partial charge in [-0.2, -0.15) is 0 Å². The van der Waals surface area contributed by atoms with Crippen molar-refractivity contribution in [1.29, 1.82) is 0 Å². The van der Waals surface area contributed by atoms with E-state index in [0.717, 1.165) is 44.5 Å². The van der Waals surface area contributed by atoms with Gasteiger partial charge in [-0.15, -0.1) is 0 Å². The maximum absolute atomic E-state index is 11.9. The number of carboxylic acids is 1. The minimum Gasteiger partial charge on any atom is -0.481 e. The molecule has 7 heteroatoms. The molecule has 0 radical (unpaired) electrons. The van der Waals surface area contributed by atoms with Crippen molar-refractivity contribution in [3.8, 4) is 0 Å². The van der Waals surface area contributed by atoms with Gasteiger partial charge in [0.25, 0.3) is 0 Å². The summed E-state index contributed by atoms with van der Waals surface area (Å²) in [5, 5.41) is 12.7. The third kappa shape index (κ3) is 4.17. The van der Waals surface area contributed by atoms with Crippen molar-refractivity contribution in [1.82, 2.24) is 14.6 Å². The normalized spacial score (nSPS) is 19.0. The van der Waals surface area contributed by atoms with Gasteiger partial charge in [-0.3, -0.25) is 13.9 Å². The number of hydrogen-bond acceptors (Lipinski definition) is 5. The van der Waals surface area contributed by atoms with Crippen molar-refractivity contribution in [2.45, 2.75) is 51.5 Å². The summed E-state index contributed by atoms with van der Waals surface area (Å²) in [6, 6.07) is 0.0211. The summed E-state index contributed by atoms with van der Waals surface area (Å²) >= 11 is 0. The smallest absolute Gasteiger partial charge is 0.441 e. The molecule has 118 valence electrons. The standard InChI is InChI=1S/C14H23N3O4/c1-2-16(9-8-13(18)19)10-11-6-4-3-5-7-12-15-21-14(20)17(11)12/h11H,2-10H2,1H3,(H,18,19). The topological polar surface area (TPSA) is 88.6 Å². The maximum atomic E-state index is 11.9. The Morgan fingerprint density at radius 1 is 1.48 bits per heavy atom. The van der Waals surface area contributed by atoms with E-state index in [0.29, 0.717) is 13.1 Å². The highest BCUT2D eigenvalue weighted by atomic mass is 16.5. The molecule has 21 heavy (non-hydrogen) atoms. The molecule has 0 spiro atoms. The number of aliphatic carboxylic acids is 1. The van der Waals surface area contributed by atoms with Crippen LogP contribution in [0.1, 0.15) is 50.9 Å². The first kappa shape index (κ1) is 15.8. The van der Waals surface area contributed by atoms with Gasteiger partial charge in [0.1, 0.15) is 0 Å². The lowest BCUT2D eigenvalue weighted by atomic mass is 10.0. The minimum absolute atomic E-state index is 0.0211. The largest absolute Gasteiger partial charge is 0.481 e. The van der Waals surface area contributed by atoms with E-state index in [4.69, 9.17) is 9.63 Å². The summed E-state index contributed by atoms with van der Waals surface area (Å²) in [6.07, 6.45) is 5.00. The SMILES string of the molecule is CCN(CCC(=O)O)CC1CCCCCc2noc(=O)n21. The molecule has 0 amide bonds. The Morgan fingerprint density at radius 3 is 3.00 bits per heavy atom. The number of likely N-dealkylation sites (N-methyl/N-ethyl adjacent to an activating group) is 1. The highest BCUT2D eigenvalue weighted by Crippen LogP contribution is 2.22. The number of nitrogens with zero attached hydrogens (tertiary/aromatic N) is 3. The predicted molar refractivity (Wildman–Crippen MR) is 76.3 cm³/mol. The van der Waals surface area contributed by atoms with Crippen molar-refractivity contribution < 1.29 is 14.4 Å². The van der Waals surface area contributed by atoms with Gasteiger partial charge in [0.05, 0.1) is 12.5 Å². The highest BCUT2D eigenvalue weighted by molar-refractivity contribution is 5.66. The molecule has 1 N–H and O–H groups in total. The summed E-state index contributed by atoms with van der Waals surface area (Å²) in [5.41, 5.74) is 0. The average Bonchev–Trinajstić information content (AvgIpc) is 2.78. The van der Waals surface area contributed by atoms with Crippen LogP contribution in [0.25, 0.3) is 0 Å². The molecule has 0 saturated heterocycles. The molecule has 1 aliphatic heterocycles. The zero-order chi connectivity index (χ0) is 15.2. The summed E-state index contributed by atoms with van der Waals surface area (Å²) in [6.45, 7) is 3.93. The number of rotatable bonds is 6. The predicted octanol–water partition coefficient (Wildman–Crippen LogP) is 1.29. The van der Waals surface area contributed by atoms with Crippen LogP contribution < -0.4 is 5.76 Å². The molecule has 0 fully saturated rings. The molecule has 1 aromatic rings. The van der Waals surface area contributed by atoms with Crippen LogP contribution in [-0.2, 0) is 11.2 Å². The number of fused-ring (bicyclic) bond motifs is 1. The Bertz CT molecular complexity index is 523. The van der Waals surface area contributed by atoms with Gasteiger partial charge in [0.15, 0.2) is 5.82 Å². The van der Waals surface area contributed by atoms with E-state index < -0.39 is 11.7 Å². The van der Waals surface area contributed by atoms with Gasteiger partial charge in [0, 0.05) is 19.5 Å². The van der Waals surface area contributed by atoms with Gasteiger partial charge >= 0.3 is 11.7 Å². The van der Waals surface area contributed by atoms with Crippen LogP contribution in [0.5, 0.6) is 0 Å². The second-order valence-electron chi connectivity index (χ2n) is 5.52. The van der Waals surface area contributed by atoms with E-state index in [9.17, 15) is 9.59 Å². The molecule has 1 aromatic heterocycles. The lowest BCUT2D eigenvalue weighted by molar-refractivity contribution is -0.137. The third-order valence-electron chi connectivity index (χ3n) is 4.06. The molecule has 2 heterocycles. The van der Waals surface area contributed by atoms with E-state index in [1.165, 1.54) is 0 Å². The number of carbonyl (C=O) groups is 1. The van der Waals surface area contributed by atoms with Crippen LogP contribution in [0.15, 0.2) is 9.32 Å². The van der Waals surface area contributed by atoms with Gasteiger partial charge in [-0.05, 0) is 19.4 Å². The summed E-state index contributed by atoms with van der Waals surface area (Å²) in [7, 11) is 0. The fourth-order valence-corrected chi connectivity index (χ4v) is 2.88. The molecule has 0 bridgehead atoms.